The molecule has 0 fully saturated rings. The molecule has 228 valence electrons. The molecule has 0 unspecified atom stereocenters. The molecule has 0 radical (unpaired) electrons. The van der Waals surface area contributed by atoms with Crippen molar-refractivity contribution in [2.75, 3.05) is 0 Å². The third-order valence-corrected chi connectivity index (χ3v) is 6.61. The molecule has 10 N–H and O–H groups in total. The molecule has 0 aromatic heterocycles. The predicted octanol–water partition coefficient (Wildman–Crippen LogP) is 2.51. The number of fused-ring (bicyclic) bond motifs is 1. The third-order valence-electron chi connectivity index (χ3n) is 6.61. The van der Waals surface area contributed by atoms with E-state index in [2.05, 4.69) is 0 Å². The molecule has 4 aromatic rings. The fraction of sp³-hybridized carbons (Fsp3) is 0.103. The van der Waals surface area contributed by atoms with Crippen LogP contribution in [0.15, 0.2) is 48.5 Å². The van der Waals surface area contributed by atoms with Gasteiger partial charge in [-0.15, -0.1) is 0 Å². The zero-order valence-corrected chi connectivity index (χ0v) is 22.0. The minimum atomic E-state index is -1.36. The summed E-state index contributed by atoms with van der Waals surface area (Å²) in [5.74, 6) is -10.3. The van der Waals surface area contributed by atoms with Gasteiger partial charge in [-0.3, -0.25) is 0 Å². The number of ether oxygens (including phenoxy) is 3. The van der Waals surface area contributed by atoms with Crippen LogP contribution in [-0.4, -0.2) is 69.1 Å². The standard InChI is InChI=1S/C29H22O15/c30-15-7-13(42-28(40)11-2-16(31)24(37)17(32)3-11)8-22-14(15)9-21(36)27(43-22)10-1-20(35)26(39)23(6-10)44-29(41)12-4-18(33)25(38)19(34)5-12/h1-8,21,27,30-39H,9H2/t21-,27+/m0/s1. The fourth-order valence-corrected chi connectivity index (χ4v) is 4.42. The molecule has 0 spiro atoms. The molecule has 44 heavy (non-hydrogen) atoms. The maximum atomic E-state index is 12.6. The van der Waals surface area contributed by atoms with Gasteiger partial charge in [-0.1, -0.05) is 0 Å². The van der Waals surface area contributed by atoms with Crippen molar-refractivity contribution in [2.45, 2.75) is 18.6 Å². The number of benzene rings is 4. The van der Waals surface area contributed by atoms with Gasteiger partial charge >= 0.3 is 11.9 Å². The van der Waals surface area contributed by atoms with E-state index in [0.717, 1.165) is 42.5 Å². The van der Waals surface area contributed by atoms with Crippen molar-refractivity contribution in [1.82, 2.24) is 0 Å². The Kier molecular flexibility index (Phi) is 7.24. The molecule has 1 heterocycles. The Labute approximate surface area is 245 Å². The highest BCUT2D eigenvalue weighted by atomic mass is 16.5. The van der Waals surface area contributed by atoms with Crippen molar-refractivity contribution in [3.63, 3.8) is 0 Å². The van der Waals surface area contributed by atoms with E-state index >= 15 is 0 Å². The van der Waals surface area contributed by atoms with E-state index in [4.69, 9.17) is 14.2 Å². The summed E-state index contributed by atoms with van der Waals surface area (Å²) in [6.07, 6.45) is -2.87. The number of hydrogen-bond acceptors (Lipinski definition) is 15. The smallest absolute Gasteiger partial charge is 0.343 e. The van der Waals surface area contributed by atoms with Gasteiger partial charge in [-0.25, -0.2) is 9.59 Å². The lowest BCUT2D eigenvalue weighted by Crippen LogP contribution is -2.30. The number of aromatic hydroxyl groups is 9. The van der Waals surface area contributed by atoms with Crippen molar-refractivity contribution < 1.29 is 74.9 Å². The second-order valence-electron chi connectivity index (χ2n) is 9.62. The first kappa shape index (κ1) is 29.3. The van der Waals surface area contributed by atoms with Crippen LogP contribution in [0.2, 0.25) is 0 Å². The van der Waals surface area contributed by atoms with Crippen LogP contribution in [0.1, 0.15) is 37.9 Å². The first-order valence-corrected chi connectivity index (χ1v) is 12.4. The maximum Gasteiger partial charge on any atom is 0.343 e. The van der Waals surface area contributed by atoms with Gasteiger partial charge in [-0.05, 0) is 36.4 Å². The van der Waals surface area contributed by atoms with Crippen molar-refractivity contribution in [3.8, 4) is 69.0 Å². The highest BCUT2D eigenvalue weighted by molar-refractivity contribution is 5.93. The summed E-state index contributed by atoms with van der Waals surface area (Å²) in [5, 5.41) is 99.6. The Bertz CT molecular complexity index is 1780. The highest BCUT2D eigenvalue weighted by Gasteiger charge is 2.34. The first-order valence-electron chi connectivity index (χ1n) is 12.4. The Hall–Kier alpha value is -6.22. The summed E-state index contributed by atoms with van der Waals surface area (Å²) < 4.78 is 16.1. The third kappa shape index (κ3) is 5.37. The lowest BCUT2D eigenvalue weighted by Gasteiger charge is -2.31. The van der Waals surface area contributed by atoms with Crippen molar-refractivity contribution in [2.24, 2.45) is 0 Å². The number of carbonyl (C=O) groups is 2. The minimum Gasteiger partial charge on any atom is -0.507 e. The normalized spacial score (nSPS) is 15.6. The van der Waals surface area contributed by atoms with Gasteiger partial charge in [0.25, 0.3) is 0 Å². The second-order valence-corrected chi connectivity index (χ2v) is 9.62. The summed E-state index contributed by atoms with van der Waals surface area (Å²) in [6, 6.07) is 7.56. The van der Waals surface area contributed by atoms with E-state index in [0.29, 0.717) is 0 Å². The minimum absolute atomic E-state index is 0.0189. The number of aliphatic hydroxyl groups is 1. The monoisotopic (exact) mass is 610 g/mol. The Balaban J connectivity index is 1.42. The second kappa shape index (κ2) is 10.9. The van der Waals surface area contributed by atoms with Crippen LogP contribution in [-0.2, 0) is 6.42 Å². The van der Waals surface area contributed by atoms with Gasteiger partial charge in [0, 0.05) is 29.7 Å². The van der Waals surface area contributed by atoms with E-state index in [1.807, 2.05) is 0 Å². The van der Waals surface area contributed by atoms with Crippen molar-refractivity contribution in [1.29, 1.82) is 0 Å². The largest absolute Gasteiger partial charge is 0.507 e. The Morgan fingerprint density at radius 3 is 1.66 bits per heavy atom. The molecule has 0 saturated carbocycles. The number of rotatable bonds is 5. The summed E-state index contributed by atoms with van der Waals surface area (Å²) in [7, 11) is 0. The maximum absolute atomic E-state index is 12.6. The summed E-state index contributed by atoms with van der Waals surface area (Å²) >= 11 is 0. The van der Waals surface area contributed by atoms with Gasteiger partial charge in [-0.2, -0.15) is 0 Å². The van der Waals surface area contributed by atoms with Crippen LogP contribution in [0.3, 0.4) is 0 Å². The number of hydrogen-bond donors (Lipinski definition) is 10. The van der Waals surface area contributed by atoms with Gasteiger partial charge in [0.15, 0.2) is 52.1 Å². The molecule has 5 rings (SSSR count). The number of phenolic OH excluding ortho intramolecular Hbond substituents is 9. The molecular formula is C29H22O15. The predicted molar refractivity (Wildman–Crippen MR) is 144 cm³/mol. The van der Waals surface area contributed by atoms with Crippen LogP contribution in [0.5, 0.6) is 69.0 Å². The zero-order valence-electron chi connectivity index (χ0n) is 22.0. The van der Waals surface area contributed by atoms with Crippen molar-refractivity contribution in [3.05, 3.63) is 70.8 Å². The van der Waals surface area contributed by atoms with Crippen LogP contribution >= 0.6 is 0 Å². The molecule has 15 nitrogen and oxygen atoms in total. The molecule has 2 atom stereocenters. The van der Waals surface area contributed by atoms with Gasteiger partial charge in [0.1, 0.15) is 17.2 Å². The number of phenols is 9. The molecule has 1 aliphatic rings. The Morgan fingerprint density at radius 2 is 1.11 bits per heavy atom. The van der Waals surface area contributed by atoms with Crippen LogP contribution in [0.25, 0.3) is 0 Å². The van der Waals surface area contributed by atoms with E-state index in [9.17, 15) is 60.7 Å². The molecule has 1 aliphatic heterocycles. The molecule has 0 saturated heterocycles. The topological polar surface area (TPSA) is 264 Å². The average Bonchev–Trinajstić information content (AvgIpc) is 2.96. The first-order chi connectivity index (χ1) is 20.7. The lowest BCUT2D eigenvalue weighted by molar-refractivity contribution is 0.0194. The molecule has 4 aromatic carbocycles. The molecular weight excluding hydrogens is 588 g/mol. The number of esters is 2. The summed E-state index contributed by atoms with van der Waals surface area (Å²) in [4.78, 5) is 25.2. The van der Waals surface area contributed by atoms with Gasteiger partial charge in [0.2, 0.25) is 5.75 Å². The van der Waals surface area contributed by atoms with Crippen LogP contribution in [0.4, 0.5) is 0 Å². The van der Waals surface area contributed by atoms with Crippen LogP contribution in [0, 0.1) is 0 Å². The molecule has 15 heteroatoms. The van der Waals surface area contributed by atoms with Gasteiger partial charge < -0.3 is 65.3 Å². The number of carbonyl (C=O) groups excluding carboxylic acids is 2. The fourth-order valence-electron chi connectivity index (χ4n) is 4.42. The van der Waals surface area contributed by atoms with Crippen molar-refractivity contribution >= 4 is 11.9 Å². The quantitative estimate of drug-likeness (QED) is 0.0884. The van der Waals surface area contributed by atoms with Gasteiger partial charge in [0.05, 0.1) is 17.2 Å². The molecule has 0 aliphatic carbocycles. The summed E-state index contributed by atoms with van der Waals surface area (Å²) in [5.41, 5.74) is -0.673. The van der Waals surface area contributed by atoms with Crippen LogP contribution < -0.4 is 14.2 Å². The van der Waals surface area contributed by atoms with E-state index < -0.39 is 87.2 Å². The van der Waals surface area contributed by atoms with E-state index in [1.54, 1.807) is 0 Å². The SMILES string of the molecule is O=C(Oc1cc(O)c2c(c1)O[C@H](c1cc(O)c(O)c(OC(=O)c3cc(O)c(O)c(O)c3)c1)[C@@H](O)C2)c1cc(O)c(O)c(O)c1. The van der Waals surface area contributed by atoms with E-state index in [-0.39, 0.29) is 34.6 Å². The summed E-state index contributed by atoms with van der Waals surface area (Å²) in [6.45, 7) is 0. The Morgan fingerprint density at radius 1 is 0.614 bits per heavy atom. The number of aliphatic hydroxyl groups excluding tert-OH is 1. The molecule has 0 amide bonds. The van der Waals surface area contributed by atoms with E-state index in [1.165, 1.54) is 6.07 Å². The zero-order chi connectivity index (χ0) is 32.0. The highest BCUT2D eigenvalue weighted by Crippen LogP contribution is 2.46. The lowest BCUT2D eigenvalue weighted by atomic mass is 9.93. The average molecular weight is 610 g/mol. The molecule has 0 bridgehead atoms.